The van der Waals surface area contributed by atoms with Gasteiger partial charge in [0.25, 0.3) is 0 Å². The Morgan fingerprint density at radius 2 is 0.691 bits per heavy atom. The van der Waals surface area contributed by atoms with Crippen LogP contribution in [0.25, 0.3) is 88.6 Å². The quantitative estimate of drug-likeness (QED) is 0.0486. The van der Waals surface area contributed by atoms with E-state index in [2.05, 4.69) is 44.2 Å². The summed E-state index contributed by atoms with van der Waals surface area (Å²) in [4.78, 5) is 57.5. The Balaban J connectivity index is 0.000000651. The van der Waals surface area contributed by atoms with Crippen LogP contribution in [0.3, 0.4) is 0 Å². The Hall–Kier alpha value is -9.93. The van der Waals surface area contributed by atoms with E-state index < -0.39 is 46.9 Å². The first kappa shape index (κ1) is 98.1. The largest absolute Gasteiger partial charge is 0.512 e. The van der Waals surface area contributed by atoms with E-state index >= 15 is 0 Å². The van der Waals surface area contributed by atoms with Crippen LogP contribution in [0.15, 0.2) is 260 Å². The van der Waals surface area contributed by atoms with Gasteiger partial charge in [-0.15, -0.1) is 102 Å². The van der Waals surface area contributed by atoms with Crippen molar-refractivity contribution in [3.63, 3.8) is 0 Å². The molecule has 0 atom stereocenters. The standard InChI is InChI=1S/3C16H9F3N.C15H8F2N.4C5H8O2.4Ir/c17-16(18,19)13-7-3-2-6-12(13)15-10-9-11-5-1-4-8-14(11)20-15;17-16(18,19)13-6-3-5-12(10-13)15-9-8-11-4-1-2-7-14(11)20-15;17-16(18,19)13-8-5-12(6-9-13)15-10-7-11-3-1-2-4-14(11)20-15;16-11-6-7-12(13(17)9-11)15-8-5-10-3-1-2-4-14(10)18-15;4*1-4(6)3-5(2)7;;;;/h1-5,7-10H;1-4,6-10H;1-5,7-10H;1-6,8-9H;4*3,6H,1-2H3;;;;/q4*-1;;;;;;;;. The number of ketones is 4. The molecule has 584 valence electrons. The van der Waals surface area contributed by atoms with Gasteiger partial charge in [-0.3, -0.25) is 47.9 Å². The molecule has 4 heterocycles. The van der Waals surface area contributed by atoms with Gasteiger partial charge in [-0.2, -0.15) is 39.5 Å². The van der Waals surface area contributed by atoms with E-state index in [0.717, 1.165) is 80.6 Å². The number of pyridine rings is 4. The van der Waals surface area contributed by atoms with Gasteiger partial charge in [0.1, 0.15) is 0 Å². The summed E-state index contributed by atoms with van der Waals surface area (Å²) in [5.41, 5.74) is 3.72. The molecule has 12 rings (SSSR count). The normalized spacial score (nSPS) is 11.1. The Labute approximate surface area is 681 Å². The number of carbonyl (C=O) groups excluding carboxylic acids is 4. The molecule has 0 spiro atoms. The Kier molecular flexibility index (Phi) is 42.1. The number of carbonyl (C=O) groups is 4. The number of benzene rings is 8. The summed E-state index contributed by atoms with van der Waals surface area (Å²) in [6, 6.07) is 67.2. The van der Waals surface area contributed by atoms with Crippen molar-refractivity contribution in [2.24, 2.45) is 0 Å². The van der Waals surface area contributed by atoms with Crippen molar-refractivity contribution in [2.75, 3.05) is 0 Å². The number of para-hydroxylation sites is 4. The third-order valence-electron chi connectivity index (χ3n) is 13.4. The number of hydrogen-bond acceptors (Lipinski definition) is 12. The number of halogens is 11. The molecule has 4 N–H and O–H groups in total. The second-order valence-electron chi connectivity index (χ2n) is 22.6. The summed E-state index contributed by atoms with van der Waals surface area (Å²) < 4.78 is 141. The zero-order valence-electron chi connectivity index (χ0n) is 59.2. The minimum absolute atomic E-state index is 0. The molecule has 8 aromatic carbocycles. The monoisotopic (exact) mass is 2230 g/mol. The predicted molar refractivity (Wildman–Crippen MR) is 387 cm³/mol. The summed E-state index contributed by atoms with van der Waals surface area (Å²) in [6.07, 6.45) is -8.45. The summed E-state index contributed by atoms with van der Waals surface area (Å²) in [5.74, 6) is -1.55. The van der Waals surface area contributed by atoms with Crippen molar-refractivity contribution in [2.45, 2.75) is 73.9 Å². The van der Waals surface area contributed by atoms with Crippen LogP contribution in [0.2, 0.25) is 0 Å². The van der Waals surface area contributed by atoms with Gasteiger partial charge in [0.15, 0.2) is 23.1 Å². The molecule has 0 unspecified atom stereocenters. The van der Waals surface area contributed by atoms with Gasteiger partial charge in [0.2, 0.25) is 0 Å². The minimum atomic E-state index is -4.42. The van der Waals surface area contributed by atoms with Crippen molar-refractivity contribution in [3.05, 3.63) is 312 Å². The molecule has 110 heavy (non-hydrogen) atoms. The van der Waals surface area contributed by atoms with Crippen LogP contribution in [0.5, 0.6) is 0 Å². The van der Waals surface area contributed by atoms with Crippen molar-refractivity contribution in [1.29, 1.82) is 0 Å². The van der Waals surface area contributed by atoms with Gasteiger partial charge in [-0.25, -0.2) is 0 Å². The molecular weight excluding hydrogens is 2160 g/mol. The van der Waals surface area contributed by atoms with Crippen LogP contribution >= 0.6 is 0 Å². The number of aliphatic hydroxyl groups excluding tert-OH is 4. The fraction of sp³-hybridized carbons (Fsp3) is 0.133. The minimum Gasteiger partial charge on any atom is -0.512 e. The van der Waals surface area contributed by atoms with Gasteiger partial charge in [-0.05, 0) is 141 Å². The maximum absolute atomic E-state index is 13.6. The van der Waals surface area contributed by atoms with Crippen LogP contribution < -0.4 is 0 Å². The van der Waals surface area contributed by atoms with E-state index in [9.17, 15) is 67.5 Å². The molecule has 12 aromatic rings. The van der Waals surface area contributed by atoms with Crippen molar-refractivity contribution in [3.8, 4) is 45.0 Å². The topological polar surface area (TPSA) is 201 Å². The second kappa shape index (κ2) is 47.2. The van der Waals surface area contributed by atoms with Crippen LogP contribution in [-0.4, -0.2) is 63.5 Å². The number of hydrogen-bond donors (Lipinski definition) is 4. The number of rotatable bonds is 8. The summed E-state index contributed by atoms with van der Waals surface area (Å²) in [7, 11) is 0. The van der Waals surface area contributed by atoms with Crippen LogP contribution in [-0.2, 0) is 118 Å². The molecule has 27 heteroatoms. The Bertz CT molecular complexity index is 5020. The average molecular weight is 2230 g/mol. The van der Waals surface area contributed by atoms with Gasteiger partial charge >= 0.3 is 18.5 Å². The maximum Gasteiger partial charge on any atom is 0.399 e. The Morgan fingerprint density at radius 1 is 0.336 bits per heavy atom. The third-order valence-corrected chi connectivity index (χ3v) is 13.4. The SMILES string of the molecule is CC(=O)C=C(C)O.CC(=O)C=C(C)O.CC(=O)C=C(C)O.CC(=O)C=C(C)O.FC(F)(F)c1c[c-]c(-c2ccc3ccccc3n2)cc1.FC(F)(F)c1cc[c-]c(-c2ccc3ccccc3n2)c1.FC(F)(F)c1ccc[c-]c1-c1ccc2ccccc2n1.Fc1c[c-]c(-c2ccc3ccccc3n2)c(F)c1.[Ir].[Ir].[Ir].[Ir]. The third kappa shape index (κ3) is 34.3. The average Bonchev–Trinajstić information content (AvgIpc) is 0.815. The predicted octanol–water partition coefficient (Wildman–Crippen LogP) is 22.3. The second-order valence-corrected chi connectivity index (χ2v) is 22.6. The molecule has 0 aliphatic heterocycles. The van der Waals surface area contributed by atoms with E-state index in [1.807, 2.05) is 103 Å². The Morgan fingerprint density at radius 3 is 1.02 bits per heavy atom. The number of aliphatic hydroxyl groups is 4. The van der Waals surface area contributed by atoms with Gasteiger partial charge in [0.05, 0.1) is 45.1 Å². The molecule has 4 aromatic heterocycles. The van der Waals surface area contributed by atoms with Crippen molar-refractivity contribution in [1.82, 2.24) is 19.9 Å². The summed E-state index contributed by atoms with van der Waals surface area (Å²) in [5, 5.41) is 37.3. The van der Waals surface area contributed by atoms with Gasteiger partial charge in [-0.1, -0.05) is 133 Å². The first-order valence-corrected chi connectivity index (χ1v) is 31.5. The van der Waals surface area contributed by atoms with Crippen LogP contribution in [0, 0.1) is 35.9 Å². The molecule has 0 amide bonds. The maximum atomic E-state index is 13.6. The van der Waals surface area contributed by atoms with Crippen LogP contribution in [0.4, 0.5) is 48.3 Å². The summed E-state index contributed by atoms with van der Waals surface area (Å²) in [6.45, 7) is 11.4. The van der Waals surface area contributed by atoms with E-state index in [1.54, 1.807) is 42.5 Å². The molecular formula is C83H67F11Ir4N4O8-4. The molecule has 0 fully saturated rings. The van der Waals surface area contributed by atoms with Crippen molar-refractivity contribution < 1.29 is 168 Å². The summed E-state index contributed by atoms with van der Waals surface area (Å²) >= 11 is 0. The van der Waals surface area contributed by atoms with Crippen LogP contribution in [0.1, 0.15) is 72.1 Å². The number of alkyl halides is 9. The number of allylic oxidation sites excluding steroid dienone is 8. The molecule has 0 bridgehead atoms. The fourth-order valence-corrected chi connectivity index (χ4v) is 9.10. The van der Waals surface area contributed by atoms with E-state index in [4.69, 9.17) is 20.4 Å². The number of fused-ring (bicyclic) bond motifs is 4. The molecule has 0 aliphatic carbocycles. The van der Waals surface area contributed by atoms with Gasteiger partial charge in [0, 0.05) is 116 Å². The van der Waals surface area contributed by atoms with E-state index in [-0.39, 0.29) is 143 Å². The van der Waals surface area contributed by atoms with Gasteiger partial charge < -0.3 is 20.4 Å². The smallest absolute Gasteiger partial charge is 0.399 e. The number of nitrogens with zero attached hydrogens (tertiary/aromatic N) is 4. The molecule has 0 aliphatic rings. The first-order valence-electron chi connectivity index (χ1n) is 31.5. The van der Waals surface area contributed by atoms with E-state index in [0.29, 0.717) is 33.7 Å². The molecule has 12 nitrogen and oxygen atoms in total. The number of aromatic nitrogens is 4. The molecule has 0 saturated carbocycles. The zero-order chi connectivity index (χ0) is 78.5. The fourth-order valence-electron chi connectivity index (χ4n) is 9.10. The molecule has 0 saturated heterocycles. The molecule has 4 radical (unpaired) electrons. The zero-order valence-corrected chi connectivity index (χ0v) is 68.8. The first-order chi connectivity index (χ1) is 49.9. The van der Waals surface area contributed by atoms with Crippen molar-refractivity contribution >= 4 is 66.7 Å². The van der Waals surface area contributed by atoms with E-state index in [1.165, 1.54) is 104 Å².